The summed E-state index contributed by atoms with van der Waals surface area (Å²) < 4.78 is 35.9. The van der Waals surface area contributed by atoms with E-state index in [1.165, 1.54) is 10.4 Å². The SMILES string of the molecule is O=C(O)Oc1noc2c1CN(S(=O)(=O)c1cccs1)CC2. The predicted molar refractivity (Wildman–Crippen MR) is 70.8 cm³/mol. The highest BCUT2D eigenvalue weighted by atomic mass is 32.2. The molecular formula is C11H10N2O6S2. The van der Waals surface area contributed by atoms with Crippen molar-refractivity contribution in [2.24, 2.45) is 0 Å². The normalized spacial score (nSPS) is 15.6. The van der Waals surface area contributed by atoms with Crippen molar-refractivity contribution < 1.29 is 27.6 Å². The molecule has 1 aliphatic rings. The van der Waals surface area contributed by atoms with Crippen LogP contribution in [0.2, 0.25) is 0 Å². The van der Waals surface area contributed by atoms with E-state index in [9.17, 15) is 13.2 Å². The van der Waals surface area contributed by atoms with E-state index < -0.39 is 16.2 Å². The van der Waals surface area contributed by atoms with E-state index in [-0.39, 0.29) is 23.2 Å². The van der Waals surface area contributed by atoms with Gasteiger partial charge in [0, 0.05) is 19.5 Å². The number of rotatable bonds is 3. The Morgan fingerprint density at radius 2 is 2.33 bits per heavy atom. The first kappa shape index (κ1) is 14.0. The Morgan fingerprint density at radius 1 is 1.52 bits per heavy atom. The molecule has 0 bridgehead atoms. The van der Waals surface area contributed by atoms with E-state index in [0.717, 1.165) is 11.3 Å². The van der Waals surface area contributed by atoms with Crippen molar-refractivity contribution in [2.75, 3.05) is 6.54 Å². The molecule has 3 rings (SSSR count). The smallest absolute Gasteiger partial charge is 0.449 e. The average Bonchev–Trinajstić information content (AvgIpc) is 3.08. The fourth-order valence-corrected chi connectivity index (χ4v) is 4.62. The minimum absolute atomic E-state index is 0.0261. The molecule has 3 heterocycles. The monoisotopic (exact) mass is 330 g/mol. The zero-order chi connectivity index (χ0) is 15.0. The molecule has 21 heavy (non-hydrogen) atoms. The average molecular weight is 330 g/mol. The van der Waals surface area contributed by atoms with Crippen molar-refractivity contribution in [3.05, 3.63) is 28.8 Å². The maximum Gasteiger partial charge on any atom is 0.512 e. The largest absolute Gasteiger partial charge is 0.512 e. The maximum atomic E-state index is 12.4. The van der Waals surface area contributed by atoms with Crippen molar-refractivity contribution in [2.45, 2.75) is 17.2 Å². The Labute approximate surface area is 123 Å². The standard InChI is InChI=1S/C11H10N2O6S2/c14-11(15)18-10-7-6-13(4-3-8(7)19-12-10)21(16,17)9-2-1-5-20-9/h1-2,5H,3-4,6H2,(H,14,15). The second-order valence-electron chi connectivity index (χ2n) is 4.28. The summed E-state index contributed by atoms with van der Waals surface area (Å²) in [5.41, 5.74) is 0.351. The van der Waals surface area contributed by atoms with Crippen molar-refractivity contribution in [1.29, 1.82) is 0 Å². The number of nitrogens with zero attached hydrogens (tertiary/aromatic N) is 2. The number of ether oxygens (including phenoxy) is 1. The van der Waals surface area contributed by atoms with Gasteiger partial charge in [0.1, 0.15) is 9.97 Å². The molecule has 0 saturated carbocycles. The van der Waals surface area contributed by atoms with Gasteiger partial charge in [0.05, 0.1) is 5.56 Å². The number of thiophene rings is 1. The van der Waals surface area contributed by atoms with Gasteiger partial charge in [0.2, 0.25) is 0 Å². The van der Waals surface area contributed by atoms with E-state index in [0.29, 0.717) is 17.7 Å². The van der Waals surface area contributed by atoms with Crippen LogP contribution in [-0.2, 0) is 23.0 Å². The van der Waals surface area contributed by atoms with Gasteiger partial charge in [0.15, 0.2) is 0 Å². The van der Waals surface area contributed by atoms with Crippen molar-refractivity contribution in [1.82, 2.24) is 9.46 Å². The molecule has 0 amide bonds. The molecule has 2 aromatic heterocycles. The minimum Gasteiger partial charge on any atom is -0.449 e. The third kappa shape index (κ3) is 2.52. The second-order valence-corrected chi connectivity index (χ2v) is 7.39. The molecule has 8 nitrogen and oxygen atoms in total. The zero-order valence-electron chi connectivity index (χ0n) is 10.6. The lowest BCUT2D eigenvalue weighted by Crippen LogP contribution is -2.35. The summed E-state index contributed by atoms with van der Waals surface area (Å²) in [5.74, 6) is 0.243. The molecule has 0 saturated heterocycles. The summed E-state index contributed by atoms with van der Waals surface area (Å²) in [6.45, 7) is 0.219. The summed E-state index contributed by atoms with van der Waals surface area (Å²) in [6, 6.07) is 3.18. The molecule has 0 spiro atoms. The van der Waals surface area contributed by atoms with Crippen molar-refractivity contribution >= 4 is 27.5 Å². The van der Waals surface area contributed by atoms with Gasteiger partial charge in [-0.3, -0.25) is 0 Å². The summed E-state index contributed by atoms with van der Waals surface area (Å²) in [4.78, 5) is 10.6. The fourth-order valence-electron chi connectivity index (χ4n) is 2.07. The van der Waals surface area contributed by atoms with Crippen LogP contribution in [0.3, 0.4) is 0 Å². The van der Waals surface area contributed by atoms with Crippen LogP contribution in [-0.4, -0.2) is 35.7 Å². The lowest BCUT2D eigenvalue weighted by molar-refractivity contribution is 0.140. The molecule has 2 aromatic rings. The molecule has 0 fully saturated rings. The van der Waals surface area contributed by atoms with E-state index in [4.69, 9.17) is 9.63 Å². The summed E-state index contributed by atoms with van der Waals surface area (Å²) >= 11 is 1.13. The van der Waals surface area contributed by atoms with E-state index in [1.54, 1.807) is 11.4 Å². The fraction of sp³-hybridized carbons (Fsp3) is 0.273. The molecule has 0 atom stereocenters. The predicted octanol–water partition coefficient (Wildman–Crippen LogP) is 1.54. The van der Waals surface area contributed by atoms with Gasteiger partial charge in [-0.2, -0.15) is 4.31 Å². The van der Waals surface area contributed by atoms with Crippen LogP contribution in [0.25, 0.3) is 0 Å². The molecule has 0 aromatic carbocycles. The summed E-state index contributed by atoms with van der Waals surface area (Å²) in [7, 11) is -3.61. The Hall–Kier alpha value is -1.91. The van der Waals surface area contributed by atoms with Gasteiger partial charge < -0.3 is 14.4 Å². The summed E-state index contributed by atoms with van der Waals surface area (Å²) in [6.07, 6.45) is -1.21. The van der Waals surface area contributed by atoms with Crippen LogP contribution in [0.15, 0.2) is 26.2 Å². The number of carboxylic acid groups (broad SMARTS) is 1. The van der Waals surface area contributed by atoms with Gasteiger partial charge in [0.25, 0.3) is 15.9 Å². The summed E-state index contributed by atoms with van der Waals surface area (Å²) in [5, 5.41) is 13.8. The molecular weight excluding hydrogens is 320 g/mol. The first-order valence-electron chi connectivity index (χ1n) is 5.90. The van der Waals surface area contributed by atoms with Crippen LogP contribution in [0.1, 0.15) is 11.3 Å². The Bertz CT molecular complexity index is 765. The molecule has 10 heteroatoms. The number of hydrogen-bond acceptors (Lipinski definition) is 7. The highest BCUT2D eigenvalue weighted by molar-refractivity contribution is 7.91. The van der Waals surface area contributed by atoms with Gasteiger partial charge in [-0.25, -0.2) is 13.2 Å². The zero-order valence-corrected chi connectivity index (χ0v) is 12.2. The molecule has 0 radical (unpaired) electrons. The first-order valence-corrected chi connectivity index (χ1v) is 8.22. The van der Waals surface area contributed by atoms with Gasteiger partial charge >= 0.3 is 6.16 Å². The Kier molecular flexibility index (Phi) is 3.43. The van der Waals surface area contributed by atoms with Crippen molar-refractivity contribution in [3.8, 4) is 5.88 Å². The van der Waals surface area contributed by atoms with Crippen molar-refractivity contribution in [3.63, 3.8) is 0 Å². The second kappa shape index (κ2) is 5.13. The van der Waals surface area contributed by atoms with Crippen LogP contribution in [0, 0.1) is 0 Å². The Balaban J connectivity index is 1.90. The van der Waals surface area contributed by atoms with Gasteiger partial charge in [-0.15, -0.1) is 11.3 Å². The topological polar surface area (TPSA) is 110 Å². The number of sulfonamides is 1. The molecule has 0 aliphatic carbocycles. The molecule has 0 unspecified atom stereocenters. The number of aromatic nitrogens is 1. The van der Waals surface area contributed by atoms with Gasteiger partial charge in [-0.05, 0) is 16.6 Å². The van der Waals surface area contributed by atoms with E-state index in [2.05, 4.69) is 9.89 Å². The highest BCUT2D eigenvalue weighted by Gasteiger charge is 2.33. The van der Waals surface area contributed by atoms with Crippen LogP contribution >= 0.6 is 11.3 Å². The highest BCUT2D eigenvalue weighted by Crippen LogP contribution is 2.31. The first-order chi connectivity index (χ1) is 9.98. The third-order valence-electron chi connectivity index (χ3n) is 3.03. The maximum absolute atomic E-state index is 12.4. The van der Waals surface area contributed by atoms with Crippen LogP contribution in [0.4, 0.5) is 4.79 Å². The van der Waals surface area contributed by atoms with E-state index in [1.807, 2.05) is 0 Å². The van der Waals surface area contributed by atoms with Crippen LogP contribution < -0.4 is 4.74 Å². The lowest BCUT2D eigenvalue weighted by Gasteiger charge is -2.24. The van der Waals surface area contributed by atoms with Crippen LogP contribution in [0.5, 0.6) is 5.88 Å². The Morgan fingerprint density at radius 3 is 3.00 bits per heavy atom. The molecule has 1 aliphatic heterocycles. The number of carbonyl (C=O) groups is 1. The van der Waals surface area contributed by atoms with E-state index >= 15 is 0 Å². The quantitative estimate of drug-likeness (QED) is 0.850. The van der Waals surface area contributed by atoms with Gasteiger partial charge in [-0.1, -0.05) is 6.07 Å². The number of hydrogen-bond donors (Lipinski definition) is 1. The molecule has 1 N–H and O–H groups in total. The number of fused-ring (bicyclic) bond motifs is 1. The minimum atomic E-state index is -3.61. The molecule has 112 valence electrons. The lowest BCUT2D eigenvalue weighted by atomic mass is 10.1. The third-order valence-corrected chi connectivity index (χ3v) is 6.25.